The highest BCUT2D eigenvalue weighted by Crippen LogP contribution is 2.51. The Hall–Kier alpha value is -2.89. The van der Waals surface area contributed by atoms with Crippen LogP contribution in [-0.4, -0.2) is 41.9 Å². The fraction of sp³-hybridized carbons (Fsp3) is 0.435. The number of pyridine rings is 1. The highest BCUT2D eigenvalue weighted by atomic mass is 16.5. The molecule has 0 bridgehead atoms. The van der Waals surface area contributed by atoms with Crippen LogP contribution in [0.1, 0.15) is 30.4 Å². The van der Waals surface area contributed by atoms with Gasteiger partial charge in [0.25, 0.3) is 0 Å². The Bertz CT molecular complexity index is 880. The summed E-state index contributed by atoms with van der Waals surface area (Å²) in [6.07, 6.45) is 6.95. The molecule has 1 spiro atoms. The van der Waals surface area contributed by atoms with Crippen LogP contribution in [0, 0.1) is 11.3 Å². The number of ether oxygens (including phenoxy) is 1. The van der Waals surface area contributed by atoms with E-state index in [9.17, 15) is 9.59 Å². The molecule has 4 rings (SSSR count). The molecule has 1 aliphatic carbocycles. The second kappa shape index (κ2) is 8.23. The number of methoxy groups -OCH3 is 1. The van der Waals surface area contributed by atoms with Crippen molar-refractivity contribution >= 4 is 11.8 Å². The van der Waals surface area contributed by atoms with E-state index < -0.39 is 0 Å². The minimum Gasteiger partial charge on any atom is -0.497 e. The molecule has 2 aliphatic rings. The van der Waals surface area contributed by atoms with Crippen LogP contribution in [0.2, 0.25) is 0 Å². The normalized spacial score (nSPS) is 19.6. The van der Waals surface area contributed by atoms with Crippen LogP contribution < -0.4 is 10.1 Å². The molecule has 6 nitrogen and oxygen atoms in total. The van der Waals surface area contributed by atoms with E-state index in [1.165, 1.54) is 0 Å². The highest BCUT2D eigenvalue weighted by Gasteiger charge is 2.54. The van der Waals surface area contributed by atoms with Crippen molar-refractivity contribution in [3.8, 4) is 5.75 Å². The third-order valence-corrected chi connectivity index (χ3v) is 6.37. The number of rotatable bonds is 6. The number of nitrogens with zero attached hydrogens (tertiary/aromatic N) is 2. The molecule has 1 aromatic carbocycles. The largest absolute Gasteiger partial charge is 0.497 e. The molecular formula is C23H27N3O3. The van der Waals surface area contributed by atoms with Gasteiger partial charge in [0.15, 0.2) is 0 Å². The number of benzene rings is 1. The summed E-state index contributed by atoms with van der Waals surface area (Å²) in [6, 6.07) is 11.4. The maximum atomic E-state index is 13.0. The Kier molecular flexibility index (Phi) is 5.51. The van der Waals surface area contributed by atoms with Gasteiger partial charge in [0.1, 0.15) is 5.75 Å². The van der Waals surface area contributed by atoms with Crippen LogP contribution in [0.5, 0.6) is 5.75 Å². The van der Waals surface area contributed by atoms with Crippen molar-refractivity contribution in [2.45, 2.75) is 32.2 Å². The van der Waals surface area contributed by atoms with Crippen LogP contribution >= 0.6 is 0 Å². The first-order valence-corrected chi connectivity index (χ1v) is 10.2. The second-order valence-corrected chi connectivity index (χ2v) is 8.14. The van der Waals surface area contributed by atoms with Crippen molar-refractivity contribution in [2.24, 2.45) is 11.3 Å². The maximum Gasteiger partial charge on any atom is 0.227 e. The highest BCUT2D eigenvalue weighted by molar-refractivity contribution is 5.84. The molecule has 1 aliphatic heterocycles. The molecule has 152 valence electrons. The lowest BCUT2D eigenvalue weighted by Gasteiger charge is -2.41. The van der Waals surface area contributed by atoms with Gasteiger partial charge in [0.2, 0.25) is 11.8 Å². The fourth-order valence-corrected chi connectivity index (χ4v) is 4.54. The maximum absolute atomic E-state index is 13.0. The summed E-state index contributed by atoms with van der Waals surface area (Å²) in [5.74, 6) is 0.750. The summed E-state index contributed by atoms with van der Waals surface area (Å²) >= 11 is 0. The summed E-state index contributed by atoms with van der Waals surface area (Å²) in [7, 11) is 1.62. The summed E-state index contributed by atoms with van der Waals surface area (Å²) in [5, 5.41) is 3.07. The van der Waals surface area contributed by atoms with Crippen molar-refractivity contribution in [1.82, 2.24) is 15.2 Å². The first-order valence-electron chi connectivity index (χ1n) is 10.2. The zero-order chi connectivity index (χ0) is 20.3. The predicted molar refractivity (Wildman–Crippen MR) is 109 cm³/mol. The van der Waals surface area contributed by atoms with Crippen molar-refractivity contribution in [1.29, 1.82) is 0 Å². The minimum absolute atomic E-state index is 0.0492. The van der Waals surface area contributed by atoms with Crippen LogP contribution in [0.4, 0.5) is 0 Å². The summed E-state index contributed by atoms with van der Waals surface area (Å²) in [6.45, 7) is 1.68. The van der Waals surface area contributed by atoms with Gasteiger partial charge in [0, 0.05) is 37.4 Å². The smallest absolute Gasteiger partial charge is 0.227 e. The fourth-order valence-electron chi connectivity index (χ4n) is 4.54. The third kappa shape index (κ3) is 4.11. The first kappa shape index (κ1) is 19.4. The van der Waals surface area contributed by atoms with E-state index >= 15 is 0 Å². The first-order chi connectivity index (χ1) is 14.1. The van der Waals surface area contributed by atoms with Crippen LogP contribution in [0.15, 0.2) is 48.8 Å². The molecule has 1 N–H and O–H groups in total. The number of carbonyl (C=O) groups excluding carboxylic acids is 2. The molecule has 1 unspecified atom stereocenters. The lowest BCUT2D eigenvalue weighted by molar-refractivity contribution is -0.130. The molecule has 2 heterocycles. The standard InChI is InChI=1S/C23H27N3O3/c1-29-19-5-2-4-18(12-19)13-21(27)26-15-20(23(16-26)8-3-9-23)22(28)25-14-17-6-10-24-11-7-17/h2,4-7,10-12,20H,3,8-9,13-16H2,1H3,(H,25,28). The molecule has 1 saturated carbocycles. The predicted octanol–water partition coefficient (Wildman–Crippen LogP) is 2.58. The zero-order valence-electron chi connectivity index (χ0n) is 16.8. The third-order valence-electron chi connectivity index (χ3n) is 6.37. The van der Waals surface area contributed by atoms with Gasteiger partial charge in [-0.05, 0) is 48.2 Å². The van der Waals surface area contributed by atoms with E-state index in [0.717, 1.165) is 36.1 Å². The van der Waals surface area contributed by atoms with Crippen molar-refractivity contribution in [2.75, 3.05) is 20.2 Å². The van der Waals surface area contributed by atoms with Crippen molar-refractivity contribution < 1.29 is 14.3 Å². The topological polar surface area (TPSA) is 71.5 Å². The molecule has 2 fully saturated rings. The van der Waals surface area contributed by atoms with Crippen LogP contribution in [-0.2, 0) is 22.6 Å². The van der Waals surface area contributed by atoms with Gasteiger partial charge in [-0.2, -0.15) is 0 Å². The summed E-state index contributed by atoms with van der Waals surface area (Å²) < 4.78 is 5.25. The molecule has 29 heavy (non-hydrogen) atoms. The molecule has 1 atom stereocenters. The monoisotopic (exact) mass is 393 g/mol. The van der Waals surface area contributed by atoms with Gasteiger partial charge in [-0.15, -0.1) is 0 Å². The number of nitrogens with one attached hydrogen (secondary N) is 1. The quantitative estimate of drug-likeness (QED) is 0.819. The van der Waals surface area contributed by atoms with Gasteiger partial charge in [-0.25, -0.2) is 0 Å². The Morgan fingerprint density at radius 1 is 1.21 bits per heavy atom. The molecule has 1 aromatic heterocycles. The Morgan fingerprint density at radius 3 is 2.69 bits per heavy atom. The number of likely N-dealkylation sites (tertiary alicyclic amines) is 1. The van der Waals surface area contributed by atoms with E-state index in [-0.39, 0.29) is 23.1 Å². The Balaban J connectivity index is 1.40. The zero-order valence-corrected chi connectivity index (χ0v) is 16.8. The second-order valence-electron chi connectivity index (χ2n) is 8.14. The Morgan fingerprint density at radius 2 is 2.00 bits per heavy atom. The molecule has 6 heteroatoms. The van der Waals surface area contributed by atoms with Gasteiger partial charge in [-0.1, -0.05) is 18.6 Å². The summed E-state index contributed by atoms with van der Waals surface area (Å²) in [4.78, 5) is 31.8. The average molecular weight is 393 g/mol. The molecule has 2 amide bonds. The van der Waals surface area contributed by atoms with E-state index in [1.54, 1.807) is 19.5 Å². The number of aromatic nitrogens is 1. The molecule has 1 saturated heterocycles. The van der Waals surface area contributed by atoms with E-state index in [2.05, 4.69) is 10.3 Å². The number of hydrogen-bond acceptors (Lipinski definition) is 4. The number of amides is 2. The number of hydrogen-bond donors (Lipinski definition) is 1. The Labute approximate surface area is 171 Å². The summed E-state index contributed by atoms with van der Waals surface area (Å²) in [5.41, 5.74) is 1.91. The average Bonchev–Trinajstić information content (AvgIpc) is 3.15. The van der Waals surface area contributed by atoms with Gasteiger partial charge < -0.3 is 15.0 Å². The minimum atomic E-state index is -0.132. The number of carbonyl (C=O) groups is 2. The SMILES string of the molecule is COc1cccc(CC(=O)N2CC(C(=O)NCc3ccncc3)C3(CCC3)C2)c1. The van der Waals surface area contributed by atoms with E-state index in [4.69, 9.17) is 4.74 Å². The molecule has 2 aromatic rings. The van der Waals surface area contributed by atoms with Gasteiger partial charge in [-0.3, -0.25) is 14.6 Å². The van der Waals surface area contributed by atoms with E-state index in [0.29, 0.717) is 26.1 Å². The van der Waals surface area contributed by atoms with Crippen LogP contribution in [0.25, 0.3) is 0 Å². The van der Waals surface area contributed by atoms with Crippen molar-refractivity contribution in [3.05, 3.63) is 59.9 Å². The lowest BCUT2D eigenvalue weighted by atomic mass is 9.62. The van der Waals surface area contributed by atoms with Gasteiger partial charge in [0.05, 0.1) is 19.4 Å². The lowest BCUT2D eigenvalue weighted by Crippen LogP contribution is -2.45. The van der Waals surface area contributed by atoms with Crippen LogP contribution in [0.3, 0.4) is 0 Å². The molecule has 0 radical (unpaired) electrons. The van der Waals surface area contributed by atoms with E-state index in [1.807, 2.05) is 41.3 Å². The van der Waals surface area contributed by atoms with Crippen molar-refractivity contribution in [3.63, 3.8) is 0 Å². The van der Waals surface area contributed by atoms with Gasteiger partial charge >= 0.3 is 0 Å². The molecular weight excluding hydrogens is 366 g/mol.